The van der Waals surface area contributed by atoms with Crippen LogP contribution in [0.3, 0.4) is 0 Å². The standard InChI is InChI=1S/C31H40N2O4Si/c1-21-28(37-29(18-19-34)30(21)38(3,4)27-15-13-26(36-2)14-16-27)17-8-22-6-5-7-25(20-22)33-31(35)23-9-11-24(32)12-10-23/h5-7,9-16,20-21,28-30,34H,8,17-19,32H2,1-4H3,(H,33,35)/t21-,28+,29-,30+/m1/s1. The third-order valence-electron chi connectivity index (χ3n) is 8.06. The number of carbonyl (C=O) groups excluding carboxylic acids is 1. The van der Waals surface area contributed by atoms with Crippen LogP contribution in [-0.2, 0) is 11.2 Å². The maximum atomic E-state index is 12.6. The Bertz CT molecular complexity index is 1210. The molecule has 0 unspecified atom stereocenters. The molecule has 0 bridgehead atoms. The number of amides is 1. The molecule has 7 heteroatoms. The summed E-state index contributed by atoms with van der Waals surface area (Å²) in [5, 5.41) is 14.2. The third kappa shape index (κ3) is 6.29. The Hall–Kier alpha value is -3.13. The van der Waals surface area contributed by atoms with Crippen molar-refractivity contribution < 1.29 is 19.4 Å². The second-order valence-corrected chi connectivity index (χ2v) is 15.6. The van der Waals surface area contributed by atoms with Crippen LogP contribution < -0.4 is 21.0 Å². The molecule has 4 rings (SSSR count). The average Bonchev–Trinajstić information content (AvgIpc) is 3.23. The van der Waals surface area contributed by atoms with Crippen LogP contribution in [0.4, 0.5) is 11.4 Å². The number of hydrogen-bond acceptors (Lipinski definition) is 5. The number of rotatable bonds is 10. The van der Waals surface area contributed by atoms with E-state index in [1.165, 1.54) is 5.19 Å². The van der Waals surface area contributed by atoms with Gasteiger partial charge in [-0.05, 0) is 84.8 Å². The molecule has 3 aromatic carbocycles. The van der Waals surface area contributed by atoms with Crippen molar-refractivity contribution in [3.05, 3.63) is 83.9 Å². The zero-order chi connectivity index (χ0) is 27.3. The second kappa shape index (κ2) is 12.2. The van der Waals surface area contributed by atoms with Gasteiger partial charge < -0.3 is 25.6 Å². The normalized spacial score (nSPS) is 21.3. The first-order valence-electron chi connectivity index (χ1n) is 13.4. The summed E-state index contributed by atoms with van der Waals surface area (Å²) < 4.78 is 12.0. The molecular weight excluding hydrogens is 492 g/mol. The predicted octanol–water partition coefficient (Wildman–Crippen LogP) is 5.23. The van der Waals surface area contributed by atoms with Crippen molar-refractivity contribution in [2.45, 2.75) is 57.0 Å². The Balaban J connectivity index is 1.43. The van der Waals surface area contributed by atoms with Crippen molar-refractivity contribution in [1.29, 1.82) is 0 Å². The molecule has 3 aromatic rings. The van der Waals surface area contributed by atoms with E-state index in [1.807, 2.05) is 30.3 Å². The van der Waals surface area contributed by atoms with Crippen LogP contribution in [0.15, 0.2) is 72.8 Å². The number of nitrogen functional groups attached to an aromatic ring is 1. The highest BCUT2D eigenvalue weighted by Crippen LogP contribution is 2.46. The molecule has 38 heavy (non-hydrogen) atoms. The molecule has 0 radical (unpaired) electrons. The summed E-state index contributed by atoms with van der Waals surface area (Å²) in [7, 11) is -0.215. The molecule has 0 aromatic heterocycles. The number of benzene rings is 3. The molecule has 1 saturated heterocycles. The zero-order valence-electron chi connectivity index (χ0n) is 22.8. The van der Waals surface area contributed by atoms with Crippen molar-refractivity contribution in [2.24, 2.45) is 5.92 Å². The number of hydrogen-bond donors (Lipinski definition) is 3. The van der Waals surface area contributed by atoms with E-state index in [2.05, 4.69) is 43.5 Å². The van der Waals surface area contributed by atoms with Crippen molar-refractivity contribution in [3.8, 4) is 5.75 Å². The average molecular weight is 533 g/mol. The lowest BCUT2D eigenvalue weighted by Crippen LogP contribution is -2.50. The first-order chi connectivity index (χ1) is 18.2. The van der Waals surface area contributed by atoms with Gasteiger partial charge in [0.05, 0.1) is 27.4 Å². The number of carbonyl (C=O) groups is 1. The fraction of sp³-hybridized carbons (Fsp3) is 0.387. The van der Waals surface area contributed by atoms with E-state index in [4.69, 9.17) is 15.2 Å². The summed E-state index contributed by atoms with van der Waals surface area (Å²) in [5.74, 6) is 1.09. The molecule has 4 atom stereocenters. The monoisotopic (exact) mass is 532 g/mol. The van der Waals surface area contributed by atoms with Gasteiger partial charge in [-0.1, -0.05) is 49.5 Å². The summed E-state index contributed by atoms with van der Waals surface area (Å²) in [6, 6.07) is 23.4. The van der Waals surface area contributed by atoms with E-state index < -0.39 is 8.07 Å². The van der Waals surface area contributed by atoms with Crippen LogP contribution in [0.25, 0.3) is 0 Å². The zero-order valence-corrected chi connectivity index (χ0v) is 23.8. The molecule has 0 aliphatic carbocycles. The Morgan fingerprint density at radius 2 is 1.74 bits per heavy atom. The van der Waals surface area contributed by atoms with E-state index in [9.17, 15) is 9.90 Å². The van der Waals surface area contributed by atoms with Gasteiger partial charge in [-0.15, -0.1) is 0 Å². The molecule has 0 spiro atoms. The highest BCUT2D eigenvalue weighted by Gasteiger charge is 2.50. The number of nitrogens with one attached hydrogen (secondary N) is 1. The van der Waals surface area contributed by atoms with Crippen LogP contribution in [0, 0.1) is 5.92 Å². The first-order valence-corrected chi connectivity index (χ1v) is 16.5. The van der Waals surface area contributed by atoms with Crippen LogP contribution >= 0.6 is 0 Å². The number of ether oxygens (including phenoxy) is 2. The topological polar surface area (TPSA) is 93.8 Å². The summed E-state index contributed by atoms with van der Waals surface area (Å²) in [5.41, 5.74) is 9.27. The Labute approximate surface area is 227 Å². The molecular formula is C31H40N2O4Si. The fourth-order valence-corrected chi connectivity index (χ4v) is 10.1. The minimum atomic E-state index is -1.91. The van der Waals surface area contributed by atoms with Gasteiger partial charge in [0.15, 0.2) is 0 Å². The highest BCUT2D eigenvalue weighted by atomic mass is 28.3. The number of aryl methyl sites for hydroxylation is 1. The summed E-state index contributed by atoms with van der Waals surface area (Å²) in [6.45, 7) is 7.27. The second-order valence-electron chi connectivity index (χ2n) is 10.9. The van der Waals surface area contributed by atoms with Gasteiger partial charge in [0.2, 0.25) is 0 Å². The minimum absolute atomic E-state index is 0.0503. The van der Waals surface area contributed by atoms with Crippen LogP contribution in [0.5, 0.6) is 5.75 Å². The first kappa shape index (κ1) is 27.9. The van der Waals surface area contributed by atoms with Gasteiger partial charge in [0, 0.05) is 23.5 Å². The van der Waals surface area contributed by atoms with Crippen LogP contribution in [0.2, 0.25) is 18.6 Å². The number of nitrogens with two attached hydrogens (primary N) is 1. The Morgan fingerprint density at radius 3 is 2.39 bits per heavy atom. The van der Waals surface area contributed by atoms with Crippen molar-refractivity contribution in [1.82, 2.24) is 0 Å². The van der Waals surface area contributed by atoms with Gasteiger partial charge in [-0.2, -0.15) is 0 Å². The number of methoxy groups -OCH3 is 1. The summed E-state index contributed by atoms with van der Waals surface area (Å²) in [4.78, 5) is 12.6. The molecule has 202 valence electrons. The Kier molecular flexibility index (Phi) is 8.92. The molecule has 1 aliphatic rings. The molecule has 1 aliphatic heterocycles. The molecule has 1 heterocycles. The van der Waals surface area contributed by atoms with Gasteiger partial charge in [-0.3, -0.25) is 4.79 Å². The lowest BCUT2D eigenvalue weighted by molar-refractivity contribution is 0.0196. The quantitative estimate of drug-likeness (QED) is 0.245. The minimum Gasteiger partial charge on any atom is -0.497 e. The molecule has 4 N–H and O–H groups in total. The van der Waals surface area contributed by atoms with E-state index >= 15 is 0 Å². The van der Waals surface area contributed by atoms with E-state index in [-0.39, 0.29) is 24.7 Å². The smallest absolute Gasteiger partial charge is 0.255 e. The maximum Gasteiger partial charge on any atom is 0.255 e. The summed E-state index contributed by atoms with van der Waals surface area (Å²) in [6.07, 6.45) is 2.57. The largest absolute Gasteiger partial charge is 0.497 e. The SMILES string of the molecule is COc1ccc([Si](C)(C)[C@H]2[C@H](C)[C@H](CCc3cccc(NC(=O)c4ccc(N)cc4)c3)O[C@@H]2CCO)cc1. The molecule has 6 nitrogen and oxygen atoms in total. The van der Waals surface area contributed by atoms with Gasteiger partial charge in [0.25, 0.3) is 5.91 Å². The van der Waals surface area contributed by atoms with Crippen LogP contribution in [0.1, 0.15) is 35.7 Å². The maximum absolute atomic E-state index is 12.6. The van der Waals surface area contributed by atoms with Crippen LogP contribution in [-0.4, -0.2) is 45.0 Å². The molecule has 1 fully saturated rings. The van der Waals surface area contributed by atoms with E-state index in [0.717, 1.165) is 29.8 Å². The fourth-order valence-electron chi connectivity index (χ4n) is 5.99. The van der Waals surface area contributed by atoms with E-state index in [0.29, 0.717) is 29.1 Å². The lowest BCUT2D eigenvalue weighted by atomic mass is 9.95. The molecule has 1 amide bonds. The molecule has 0 saturated carbocycles. The van der Waals surface area contributed by atoms with Crippen molar-refractivity contribution in [2.75, 3.05) is 24.8 Å². The number of aliphatic hydroxyl groups is 1. The van der Waals surface area contributed by atoms with E-state index in [1.54, 1.807) is 31.4 Å². The van der Waals surface area contributed by atoms with Gasteiger partial charge >= 0.3 is 0 Å². The Morgan fingerprint density at radius 1 is 1.03 bits per heavy atom. The third-order valence-corrected chi connectivity index (χ3v) is 12.4. The van der Waals surface area contributed by atoms with Gasteiger partial charge in [0.1, 0.15) is 5.75 Å². The van der Waals surface area contributed by atoms with Crippen molar-refractivity contribution in [3.63, 3.8) is 0 Å². The highest BCUT2D eigenvalue weighted by molar-refractivity contribution is 6.91. The van der Waals surface area contributed by atoms with Crippen molar-refractivity contribution >= 4 is 30.5 Å². The number of anilines is 2. The summed E-state index contributed by atoms with van der Waals surface area (Å²) >= 11 is 0. The lowest BCUT2D eigenvalue weighted by Gasteiger charge is -2.36. The number of aliphatic hydroxyl groups excluding tert-OH is 1. The predicted molar refractivity (Wildman–Crippen MR) is 157 cm³/mol. The van der Waals surface area contributed by atoms with Gasteiger partial charge in [-0.25, -0.2) is 0 Å².